The second-order valence-electron chi connectivity index (χ2n) is 7.17. The summed E-state index contributed by atoms with van der Waals surface area (Å²) in [6.45, 7) is 0.811. The maximum atomic E-state index is 14.4. The van der Waals surface area contributed by atoms with Gasteiger partial charge in [-0.1, -0.05) is 45.7 Å². The second-order valence-corrected chi connectivity index (χ2v) is 8.49. The summed E-state index contributed by atoms with van der Waals surface area (Å²) in [7, 11) is 0. The van der Waals surface area contributed by atoms with Crippen molar-refractivity contribution >= 4 is 44.5 Å². The molecule has 0 aliphatic heterocycles. The normalized spacial score (nSPS) is 11.1. The summed E-state index contributed by atoms with van der Waals surface area (Å²) in [6, 6.07) is 19.7. The van der Waals surface area contributed by atoms with Crippen molar-refractivity contribution in [3.05, 3.63) is 99.0 Å². The summed E-state index contributed by atoms with van der Waals surface area (Å²) >= 11 is 9.62. The Kier molecular flexibility index (Phi) is 6.68. The molecule has 0 saturated carbocycles. The fourth-order valence-corrected chi connectivity index (χ4v) is 3.97. The van der Waals surface area contributed by atoms with E-state index in [2.05, 4.69) is 21.2 Å². The molecule has 1 heterocycles. The Morgan fingerprint density at radius 3 is 2.61 bits per heavy atom. The Morgan fingerprint density at radius 1 is 1.06 bits per heavy atom. The summed E-state index contributed by atoms with van der Waals surface area (Å²) in [6.07, 6.45) is 1.35. The standard InChI is InChI=1S/C24H20BrClFN3O/c25-17-12-10-16(11-13-17)24(31)28-14-4-9-23-29-21-7-1-2-8-22(21)30(23)15-18-19(26)5-3-6-20(18)27/h1-3,5-8,10-13H,4,9,14-15H2,(H,28,31). The van der Waals surface area contributed by atoms with Crippen molar-refractivity contribution in [3.8, 4) is 0 Å². The summed E-state index contributed by atoms with van der Waals surface area (Å²) in [5.41, 5.74) is 2.83. The van der Waals surface area contributed by atoms with Crippen molar-refractivity contribution in [2.75, 3.05) is 6.54 Å². The van der Waals surface area contributed by atoms with Crippen LogP contribution < -0.4 is 5.32 Å². The van der Waals surface area contributed by atoms with E-state index in [0.717, 1.165) is 21.3 Å². The van der Waals surface area contributed by atoms with Gasteiger partial charge in [0.1, 0.15) is 11.6 Å². The topological polar surface area (TPSA) is 46.9 Å². The minimum Gasteiger partial charge on any atom is -0.352 e. The van der Waals surface area contributed by atoms with E-state index in [1.165, 1.54) is 6.07 Å². The zero-order chi connectivity index (χ0) is 21.8. The summed E-state index contributed by atoms with van der Waals surface area (Å²) in [5, 5.41) is 3.33. The van der Waals surface area contributed by atoms with Crippen LogP contribution in [0.5, 0.6) is 0 Å². The quantitative estimate of drug-likeness (QED) is 0.316. The lowest BCUT2D eigenvalue weighted by atomic mass is 10.2. The van der Waals surface area contributed by atoms with Crippen molar-refractivity contribution in [3.63, 3.8) is 0 Å². The maximum absolute atomic E-state index is 14.4. The molecule has 158 valence electrons. The number of fused-ring (bicyclic) bond motifs is 1. The number of carbonyl (C=O) groups excluding carboxylic acids is 1. The van der Waals surface area contributed by atoms with Gasteiger partial charge in [-0.25, -0.2) is 9.37 Å². The second kappa shape index (κ2) is 9.62. The average molecular weight is 501 g/mol. The number of carbonyl (C=O) groups is 1. The molecule has 0 atom stereocenters. The Hall–Kier alpha value is -2.70. The van der Waals surface area contributed by atoms with Gasteiger partial charge < -0.3 is 9.88 Å². The molecule has 0 fully saturated rings. The fraction of sp³-hybridized carbons (Fsp3) is 0.167. The maximum Gasteiger partial charge on any atom is 0.251 e. The zero-order valence-corrected chi connectivity index (χ0v) is 19.0. The summed E-state index contributed by atoms with van der Waals surface area (Å²) < 4.78 is 17.3. The Bertz CT molecular complexity index is 1200. The molecule has 0 radical (unpaired) electrons. The van der Waals surface area contributed by atoms with Gasteiger partial charge in [-0.15, -0.1) is 0 Å². The number of imidazole rings is 1. The number of nitrogens with zero attached hydrogens (tertiary/aromatic N) is 2. The average Bonchev–Trinajstić information content (AvgIpc) is 3.11. The van der Waals surface area contributed by atoms with Gasteiger partial charge in [0.25, 0.3) is 5.91 Å². The molecule has 1 amide bonds. The molecule has 4 rings (SSSR count). The van der Waals surface area contributed by atoms with E-state index in [-0.39, 0.29) is 11.7 Å². The molecule has 0 unspecified atom stereocenters. The third-order valence-electron chi connectivity index (χ3n) is 5.08. The Labute approximate surface area is 193 Å². The summed E-state index contributed by atoms with van der Waals surface area (Å²) in [5.74, 6) is 0.385. The number of aromatic nitrogens is 2. The minimum absolute atomic E-state index is 0.112. The minimum atomic E-state index is -0.335. The van der Waals surface area contributed by atoms with Crippen LogP contribution in [0.2, 0.25) is 5.02 Å². The fourth-order valence-electron chi connectivity index (χ4n) is 3.49. The number of para-hydroxylation sites is 2. The van der Waals surface area contributed by atoms with Crippen molar-refractivity contribution in [1.82, 2.24) is 14.9 Å². The van der Waals surface area contributed by atoms with E-state index in [1.54, 1.807) is 24.3 Å². The van der Waals surface area contributed by atoms with E-state index in [9.17, 15) is 9.18 Å². The number of rotatable bonds is 7. The van der Waals surface area contributed by atoms with Crippen LogP contribution in [-0.2, 0) is 13.0 Å². The van der Waals surface area contributed by atoms with Crippen LogP contribution in [-0.4, -0.2) is 22.0 Å². The highest BCUT2D eigenvalue weighted by Gasteiger charge is 2.15. The highest BCUT2D eigenvalue weighted by atomic mass is 79.9. The van der Waals surface area contributed by atoms with Gasteiger partial charge in [-0.3, -0.25) is 4.79 Å². The lowest BCUT2D eigenvalue weighted by molar-refractivity contribution is 0.0953. The van der Waals surface area contributed by atoms with Crippen LogP contribution in [0.15, 0.2) is 71.2 Å². The molecule has 0 spiro atoms. The zero-order valence-electron chi connectivity index (χ0n) is 16.6. The molecule has 0 bridgehead atoms. The first-order valence-electron chi connectivity index (χ1n) is 9.94. The van der Waals surface area contributed by atoms with Crippen molar-refractivity contribution in [2.24, 2.45) is 0 Å². The predicted octanol–water partition coefficient (Wildman–Crippen LogP) is 6.00. The van der Waals surface area contributed by atoms with Crippen LogP contribution >= 0.6 is 27.5 Å². The van der Waals surface area contributed by atoms with Gasteiger partial charge in [-0.2, -0.15) is 0 Å². The van der Waals surface area contributed by atoms with Gasteiger partial charge >= 0.3 is 0 Å². The van der Waals surface area contributed by atoms with E-state index >= 15 is 0 Å². The first kappa shape index (κ1) is 21.5. The highest BCUT2D eigenvalue weighted by molar-refractivity contribution is 9.10. The first-order chi connectivity index (χ1) is 15.0. The number of nitrogens with one attached hydrogen (secondary N) is 1. The monoisotopic (exact) mass is 499 g/mol. The molecule has 4 aromatic rings. The van der Waals surface area contributed by atoms with Crippen LogP contribution in [0, 0.1) is 5.82 Å². The molecule has 3 aromatic carbocycles. The van der Waals surface area contributed by atoms with Crippen LogP contribution in [0.1, 0.15) is 28.2 Å². The first-order valence-corrected chi connectivity index (χ1v) is 11.1. The van der Waals surface area contributed by atoms with E-state index in [4.69, 9.17) is 16.6 Å². The lowest BCUT2D eigenvalue weighted by Crippen LogP contribution is -2.25. The van der Waals surface area contributed by atoms with Gasteiger partial charge in [0, 0.05) is 33.6 Å². The third kappa shape index (κ3) is 4.97. The number of hydrogen-bond donors (Lipinski definition) is 1. The molecule has 0 saturated heterocycles. The van der Waals surface area contributed by atoms with E-state index in [1.807, 2.05) is 41.0 Å². The molecule has 1 N–H and O–H groups in total. The van der Waals surface area contributed by atoms with Gasteiger partial charge in [0.2, 0.25) is 0 Å². The summed E-state index contributed by atoms with van der Waals surface area (Å²) in [4.78, 5) is 17.0. The van der Waals surface area contributed by atoms with Crippen LogP contribution in [0.4, 0.5) is 4.39 Å². The Balaban J connectivity index is 1.48. The highest BCUT2D eigenvalue weighted by Crippen LogP contribution is 2.24. The molecule has 7 heteroatoms. The molecule has 4 nitrogen and oxygen atoms in total. The SMILES string of the molecule is O=C(NCCCc1nc2ccccc2n1Cc1c(F)cccc1Cl)c1ccc(Br)cc1. The predicted molar refractivity (Wildman–Crippen MR) is 125 cm³/mol. The number of benzene rings is 3. The van der Waals surface area contributed by atoms with E-state index in [0.29, 0.717) is 42.1 Å². The van der Waals surface area contributed by atoms with Gasteiger partial charge in [-0.05, 0) is 55.0 Å². The molecular formula is C24H20BrClFN3O. The smallest absolute Gasteiger partial charge is 0.251 e. The number of halogens is 3. The molecule has 0 aliphatic carbocycles. The van der Waals surface area contributed by atoms with E-state index < -0.39 is 0 Å². The Morgan fingerprint density at radius 2 is 1.84 bits per heavy atom. The molecular weight excluding hydrogens is 481 g/mol. The van der Waals surface area contributed by atoms with Crippen molar-refractivity contribution < 1.29 is 9.18 Å². The number of amides is 1. The van der Waals surface area contributed by atoms with Crippen LogP contribution in [0.3, 0.4) is 0 Å². The number of aryl methyl sites for hydroxylation is 1. The van der Waals surface area contributed by atoms with Gasteiger partial charge in [0.05, 0.1) is 17.6 Å². The van der Waals surface area contributed by atoms with Crippen LogP contribution in [0.25, 0.3) is 11.0 Å². The van der Waals surface area contributed by atoms with Gasteiger partial charge in [0.15, 0.2) is 0 Å². The largest absolute Gasteiger partial charge is 0.352 e. The molecule has 0 aliphatic rings. The third-order valence-corrected chi connectivity index (χ3v) is 5.96. The molecule has 31 heavy (non-hydrogen) atoms. The number of hydrogen-bond acceptors (Lipinski definition) is 2. The lowest BCUT2D eigenvalue weighted by Gasteiger charge is -2.12. The van der Waals surface area contributed by atoms with Crippen molar-refractivity contribution in [2.45, 2.75) is 19.4 Å². The van der Waals surface area contributed by atoms with Crippen molar-refractivity contribution in [1.29, 1.82) is 0 Å². The molecule has 1 aromatic heterocycles.